The van der Waals surface area contributed by atoms with Crippen LogP contribution in [0.15, 0.2) is 23.0 Å². The number of rotatable bonds is 0. The van der Waals surface area contributed by atoms with Gasteiger partial charge in [0.2, 0.25) is 0 Å². The Labute approximate surface area is 57.7 Å². The third-order valence-corrected chi connectivity index (χ3v) is 1.35. The molecule has 2 aromatic heterocycles. The SMILES string of the molecule is Cc1cnc2oncc2c1. The smallest absolute Gasteiger partial charge is 0.257 e. The first-order valence-electron chi connectivity index (χ1n) is 3.03. The summed E-state index contributed by atoms with van der Waals surface area (Å²) >= 11 is 0. The van der Waals surface area contributed by atoms with Crippen LogP contribution < -0.4 is 0 Å². The molecule has 0 aliphatic carbocycles. The minimum atomic E-state index is 0.602. The highest BCUT2D eigenvalue weighted by Gasteiger charge is 1.96. The highest BCUT2D eigenvalue weighted by atomic mass is 16.5. The van der Waals surface area contributed by atoms with Crippen molar-refractivity contribution in [3.05, 3.63) is 24.0 Å². The van der Waals surface area contributed by atoms with Crippen molar-refractivity contribution in [3.8, 4) is 0 Å². The molecule has 0 N–H and O–H groups in total. The van der Waals surface area contributed by atoms with E-state index in [1.165, 1.54) is 0 Å². The fraction of sp³-hybridized carbons (Fsp3) is 0.143. The van der Waals surface area contributed by atoms with Gasteiger partial charge in [-0.1, -0.05) is 5.16 Å². The number of aryl methyl sites for hydroxylation is 1. The first-order valence-corrected chi connectivity index (χ1v) is 3.03. The second-order valence-corrected chi connectivity index (χ2v) is 2.23. The lowest BCUT2D eigenvalue weighted by molar-refractivity contribution is 0.448. The van der Waals surface area contributed by atoms with Gasteiger partial charge in [-0.15, -0.1) is 0 Å². The van der Waals surface area contributed by atoms with E-state index in [1.54, 1.807) is 12.4 Å². The first-order chi connectivity index (χ1) is 4.86. The maximum atomic E-state index is 4.81. The van der Waals surface area contributed by atoms with Crippen molar-refractivity contribution in [2.24, 2.45) is 0 Å². The molecule has 0 amide bonds. The number of hydrogen-bond acceptors (Lipinski definition) is 3. The van der Waals surface area contributed by atoms with E-state index in [4.69, 9.17) is 4.52 Å². The van der Waals surface area contributed by atoms with E-state index in [0.29, 0.717) is 5.71 Å². The molecule has 2 heterocycles. The Kier molecular flexibility index (Phi) is 0.974. The highest BCUT2D eigenvalue weighted by molar-refractivity contribution is 5.71. The quantitative estimate of drug-likeness (QED) is 0.548. The van der Waals surface area contributed by atoms with Crippen LogP contribution in [0, 0.1) is 6.92 Å². The van der Waals surface area contributed by atoms with Crippen LogP contribution >= 0.6 is 0 Å². The van der Waals surface area contributed by atoms with Crippen LogP contribution in [0.2, 0.25) is 0 Å². The summed E-state index contributed by atoms with van der Waals surface area (Å²) in [6.07, 6.45) is 3.42. The van der Waals surface area contributed by atoms with E-state index in [9.17, 15) is 0 Å². The van der Waals surface area contributed by atoms with Gasteiger partial charge in [0.1, 0.15) is 0 Å². The minimum absolute atomic E-state index is 0.602. The Hall–Kier alpha value is -1.38. The van der Waals surface area contributed by atoms with Gasteiger partial charge in [0.15, 0.2) is 0 Å². The average Bonchev–Trinajstić information content (AvgIpc) is 2.33. The third kappa shape index (κ3) is 0.673. The molecular formula is C7H6N2O. The topological polar surface area (TPSA) is 38.9 Å². The largest absolute Gasteiger partial charge is 0.336 e. The van der Waals surface area contributed by atoms with Crippen LogP contribution in [-0.4, -0.2) is 10.1 Å². The molecule has 2 aromatic rings. The molecule has 0 aliphatic rings. The molecule has 0 fully saturated rings. The van der Waals surface area contributed by atoms with Crippen molar-refractivity contribution >= 4 is 11.1 Å². The van der Waals surface area contributed by atoms with Crippen molar-refractivity contribution in [3.63, 3.8) is 0 Å². The van der Waals surface area contributed by atoms with Crippen LogP contribution in [0.1, 0.15) is 5.56 Å². The van der Waals surface area contributed by atoms with E-state index in [-0.39, 0.29) is 0 Å². The standard InChI is InChI=1S/C7H6N2O/c1-5-2-6-4-9-10-7(6)8-3-5/h2-4H,1H3. The van der Waals surface area contributed by atoms with E-state index in [2.05, 4.69) is 10.1 Å². The van der Waals surface area contributed by atoms with Crippen LogP contribution in [0.5, 0.6) is 0 Å². The lowest BCUT2D eigenvalue weighted by atomic mass is 10.3. The molecule has 2 rings (SSSR count). The van der Waals surface area contributed by atoms with E-state index in [1.807, 2.05) is 13.0 Å². The second kappa shape index (κ2) is 1.80. The predicted molar refractivity (Wildman–Crippen MR) is 36.5 cm³/mol. The fourth-order valence-corrected chi connectivity index (χ4v) is 0.881. The molecule has 0 saturated carbocycles. The molecule has 0 unspecified atom stereocenters. The van der Waals surface area contributed by atoms with Crippen molar-refractivity contribution in [2.45, 2.75) is 6.92 Å². The van der Waals surface area contributed by atoms with Gasteiger partial charge in [-0.2, -0.15) is 0 Å². The molecule has 3 heteroatoms. The summed E-state index contributed by atoms with van der Waals surface area (Å²) in [7, 11) is 0. The second-order valence-electron chi connectivity index (χ2n) is 2.23. The number of hydrogen-bond donors (Lipinski definition) is 0. The number of aromatic nitrogens is 2. The van der Waals surface area contributed by atoms with Crippen LogP contribution in [0.25, 0.3) is 11.1 Å². The Bertz CT molecular complexity index is 353. The molecule has 0 aromatic carbocycles. The molecular weight excluding hydrogens is 128 g/mol. The molecule has 10 heavy (non-hydrogen) atoms. The van der Waals surface area contributed by atoms with Gasteiger partial charge in [0, 0.05) is 6.20 Å². The normalized spacial score (nSPS) is 10.5. The van der Waals surface area contributed by atoms with Crippen LogP contribution in [0.3, 0.4) is 0 Å². The summed E-state index contributed by atoms with van der Waals surface area (Å²) in [5.74, 6) is 0. The molecule has 0 atom stereocenters. The lowest BCUT2D eigenvalue weighted by Crippen LogP contribution is -1.74. The van der Waals surface area contributed by atoms with Crippen LogP contribution in [-0.2, 0) is 0 Å². The molecule has 0 radical (unpaired) electrons. The Balaban J connectivity index is 2.86. The van der Waals surface area contributed by atoms with E-state index in [0.717, 1.165) is 10.9 Å². The summed E-state index contributed by atoms with van der Waals surface area (Å²) < 4.78 is 4.81. The Morgan fingerprint density at radius 3 is 3.20 bits per heavy atom. The maximum absolute atomic E-state index is 4.81. The molecule has 0 aliphatic heterocycles. The predicted octanol–water partition coefficient (Wildman–Crippen LogP) is 1.53. The summed E-state index contributed by atoms with van der Waals surface area (Å²) in [4.78, 5) is 4.01. The monoisotopic (exact) mass is 134 g/mol. The molecule has 50 valence electrons. The first kappa shape index (κ1) is 5.41. The zero-order valence-electron chi connectivity index (χ0n) is 5.53. The van der Waals surface area contributed by atoms with Gasteiger partial charge in [-0.3, -0.25) is 0 Å². The van der Waals surface area contributed by atoms with Crippen molar-refractivity contribution in [1.29, 1.82) is 0 Å². The third-order valence-electron chi connectivity index (χ3n) is 1.35. The van der Waals surface area contributed by atoms with Gasteiger partial charge in [0.05, 0.1) is 11.6 Å². The summed E-state index contributed by atoms with van der Waals surface area (Å²) in [6, 6.07) is 1.98. The number of fused-ring (bicyclic) bond motifs is 1. The Morgan fingerprint density at radius 1 is 1.40 bits per heavy atom. The van der Waals surface area contributed by atoms with E-state index < -0.39 is 0 Å². The van der Waals surface area contributed by atoms with Crippen molar-refractivity contribution in [2.75, 3.05) is 0 Å². The summed E-state index contributed by atoms with van der Waals surface area (Å²) in [6.45, 7) is 1.99. The highest BCUT2D eigenvalue weighted by Crippen LogP contribution is 2.10. The lowest BCUT2D eigenvalue weighted by Gasteiger charge is -1.86. The summed E-state index contributed by atoms with van der Waals surface area (Å²) in [5, 5.41) is 4.56. The molecule has 3 nitrogen and oxygen atoms in total. The molecule has 0 bridgehead atoms. The zero-order valence-corrected chi connectivity index (χ0v) is 5.53. The van der Waals surface area contributed by atoms with Crippen LogP contribution in [0.4, 0.5) is 0 Å². The average molecular weight is 134 g/mol. The van der Waals surface area contributed by atoms with Crippen molar-refractivity contribution < 1.29 is 4.52 Å². The van der Waals surface area contributed by atoms with Gasteiger partial charge < -0.3 is 4.52 Å². The van der Waals surface area contributed by atoms with Crippen molar-refractivity contribution in [1.82, 2.24) is 10.1 Å². The number of pyridine rings is 1. The zero-order chi connectivity index (χ0) is 6.97. The van der Waals surface area contributed by atoms with Gasteiger partial charge in [-0.05, 0) is 18.6 Å². The van der Waals surface area contributed by atoms with Gasteiger partial charge in [0.25, 0.3) is 5.71 Å². The fourth-order valence-electron chi connectivity index (χ4n) is 0.881. The minimum Gasteiger partial charge on any atom is -0.336 e. The summed E-state index contributed by atoms with van der Waals surface area (Å²) in [5.41, 5.74) is 1.72. The Morgan fingerprint density at radius 2 is 2.30 bits per heavy atom. The molecule has 0 spiro atoms. The number of nitrogens with zero attached hydrogens (tertiary/aromatic N) is 2. The van der Waals surface area contributed by atoms with Gasteiger partial charge in [-0.25, -0.2) is 4.98 Å². The van der Waals surface area contributed by atoms with Gasteiger partial charge >= 0.3 is 0 Å². The molecule has 0 saturated heterocycles. The van der Waals surface area contributed by atoms with E-state index >= 15 is 0 Å². The maximum Gasteiger partial charge on any atom is 0.257 e.